The van der Waals surface area contributed by atoms with E-state index in [-0.39, 0.29) is 11.3 Å². The number of para-hydroxylation sites is 1. The van der Waals surface area contributed by atoms with Crippen LogP contribution in [0.5, 0.6) is 5.75 Å². The van der Waals surface area contributed by atoms with Gasteiger partial charge in [-0.25, -0.2) is 4.79 Å². The van der Waals surface area contributed by atoms with Crippen molar-refractivity contribution in [3.63, 3.8) is 0 Å². The molecule has 0 amide bonds. The fraction of sp³-hybridized carbons (Fsp3) is 0.250. The number of carbonyl (C=O) groups excluding carboxylic acids is 1. The van der Waals surface area contributed by atoms with Gasteiger partial charge in [0.1, 0.15) is 5.75 Å². The summed E-state index contributed by atoms with van der Waals surface area (Å²) in [7, 11) is -5.27. The summed E-state index contributed by atoms with van der Waals surface area (Å²) >= 11 is 0. The summed E-state index contributed by atoms with van der Waals surface area (Å²) in [6.07, 6.45) is 0. The number of rotatable bonds is 6. The molecule has 0 fully saturated rings. The fourth-order valence-electron chi connectivity index (χ4n) is 1.01. The maximum absolute atomic E-state index is 13.5. The van der Waals surface area contributed by atoms with Gasteiger partial charge in [0.25, 0.3) is 0 Å². The molecule has 0 saturated heterocycles. The van der Waals surface area contributed by atoms with Gasteiger partial charge in [0, 0.05) is 5.57 Å². The zero-order chi connectivity index (χ0) is 15.4. The summed E-state index contributed by atoms with van der Waals surface area (Å²) in [6, 6.07) is 6.81. The second-order valence-electron chi connectivity index (χ2n) is 3.84. The highest BCUT2D eigenvalue weighted by Gasteiger charge is 2.49. The summed E-state index contributed by atoms with van der Waals surface area (Å²) in [4.78, 5) is 11.0. The number of carbonyl (C=O) groups is 1. The summed E-state index contributed by atoms with van der Waals surface area (Å²) in [6.45, 7) is 2.79. The predicted octanol–water partition coefficient (Wildman–Crippen LogP) is 2.11. The minimum absolute atomic E-state index is 0.123. The van der Waals surface area contributed by atoms with Crippen molar-refractivity contribution < 1.29 is 30.9 Å². The van der Waals surface area contributed by atoms with Gasteiger partial charge in [-0.15, -0.1) is 0 Å². The molecular formula is C12H12F2O5S. The normalized spacial score (nSPS) is 11.8. The molecule has 0 aliphatic carbocycles. The lowest BCUT2D eigenvalue weighted by atomic mass is 10.3. The van der Waals surface area contributed by atoms with Gasteiger partial charge in [-0.05, 0) is 19.1 Å². The maximum atomic E-state index is 13.5. The highest BCUT2D eigenvalue weighted by atomic mass is 32.2. The second-order valence-corrected chi connectivity index (χ2v) is 5.52. The Morgan fingerprint density at radius 1 is 1.30 bits per heavy atom. The van der Waals surface area contributed by atoms with E-state index in [1.807, 2.05) is 0 Å². The van der Waals surface area contributed by atoms with Crippen LogP contribution in [-0.4, -0.2) is 26.2 Å². The smallest absolute Gasteiger partial charge is 0.413 e. The summed E-state index contributed by atoms with van der Waals surface area (Å²) in [5.74, 6) is -1.38. The Kier molecular flexibility index (Phi) is 4.83. The first-order valence-electron chi connectivity index (χ1n) is 5.35. The van der Waals surface area contributed by atoms with Crippen LogP contribution in [0, 0.1) is 0 Å². The number of esters is 1. The maximum Gasteiger partial charge on any atom is 0.413 e. The molecule has 0 radical (unpaired) electrons. The lowest BCUT2D eigenvalue weighted by Crippen LogP contribution is -2.38. The van der Waals surface area contributed by atoms with Crippen LogP contribution < -0.4 is 4.18 Å². The molecule has 0 N–H and O–H groups in total. The van der Waals surface area contributed by atoms with E-state index in [0.29, 0.717) is 0 Å². The lowest BCUT2D eigenvalue weighted by Gasteiger charge is -2.17. The van der Waals surface area contributed by atoms with Gasteiger partial charge in [0.2, 0.25) is 0 Å². The standard InChI is InChI=1S/C12H12F2O5S/c1-9(2)11(15)18-8-12(13,14)20(16,17)19-10-6-4-3-5-7-10/h3-7H,1,8H2,2H3. The van der Waals surface area contributed by atoms with E-state index < -0.39 is 27.9 Å². The molecule has 5 nitrogen and oxygen atoms in total. The van der Waals surface area contributed by atoms with E-state index in [4.69, 9.17) is 0 Å². The van der Waals surface area contributed by atoms with E-state index in [1.165, 1.54) is 31.2 Å². The predicted molar refractivity (Wildman–Crippen MR) is 66.7 cm³/mol. The van der Waals surface area contributed by atoms with Crippen LogP contribution in [0.25, 0.3) is 0 Å². The number of hydrogen-bond acceptors (Lipinski definition) is 5. The Morgan fingerprint density at radius 2 is 1.85 bits per heavy atom. The van der Waals surface area contributed by atoms with Gasteiger partial charge in [-0.3, -0.25) is 0 Å². The van der Waals surface area contributed by atoms with Gasteiger partial charge in [0.05, 0.1) is 0 Å². The summed E-state index contributed by atoms with van der Waals surface area (Å²) in [5.41, 5.74) is -0.123. The zero-order valence-corrected chi connectivity index (χ0v) is 11.3. The third-order valence-electron chi connectivity index (χ3n) is 2.03. The highest BCUT2D eigenvalue weighted by Crippen LogP contribution is 2.26. The topological polar surface area (TPSA) is 69.7 Å². The van der Waals surface area contributed by atoms with Crippen LogP contribution in [-0.2, 0) is 19.6 Å². The van der Waals surface area contributed by atoms with Gasteiger partial charge in [-0.1, -0.05) is 24.8 Å². The Bertz CT molecular complexity index is 596. The molecule has 1 rings (SSSR count). The molecule has 0 aliphatic heterocycles. The molecule has 0 bridgehead atoms. The SMILES string of the molecule is C=C(C)C(=O)OCC(F)(F)S(=O)(=O)Oc1ccccc1. The van der Waals surface area contributed by atoms with Crippen LogP contribution in [0.4, 0.5) is 8.78 Å². The number of ether oxygens (including phenoxy) is 1. The van der Waals surface area contributed by atoms with Crippen molar-refractivity contribution in [2.45, 2.75) is 12.2 Å². The third-order valence-corrected chi connectivity index (χ3v) is 3.30. The first-order chi connectivity index (χ1) is 9.16. The number of alkyl halides is 2. The molecule has 110 valence electrons. The van der Waals surface area contributed by atoms with Crippen LogP contribution in [0.2, 0.25) is 0 Å². The van der Waals surface area contributed by atoms with Crippen molar-refractivity contribution in [1.82, 2.24) is 0 Å². The van der Waals surface area contributed by atoms with Gasteiger partial charge < -0.3 is 8.92 Å². The molecule has 1 aromatic carbocycles. The van der Waals surface area contributed by atoms with Crippen molar-refractivity contribution in [2.75, 3.05) is 6.61 Å². The molecule has 0 unspecified atom stereocenters. The van der Waals surface area contributed by atoms with Crippen molar-refractivity contribution in [2.24, 2.45) is 0 Å². The van der Waals surface area contributed by atoms with E-state index in [2.05, 4.69) is 15.5 Å². The highest BCUT2D eigenvalue weighted by molar-refractivity contribution is 7.88. The summed E-state index contributed by atoms with van der Waals surface area (Å²) in [5, 5.41) is -4.37. The molecule has 0 saturated carbocycles. The second kappa shape index (κ2) is 6.00. The van der Waals surface area contributed by atoms with Crippen LogP contribution in [0.1, 0.15) is 6.92 Å². The Balaban J connectivity index is 2.79. The number of halogens is 2. The quantitative estimate of drug-likeness (QED) is 0.457. The fourth-order valence-corrected chi connectivity index (χ4v) is 1.70. The van der Waals surface area contributed by atoms with Crippen LogP contribution >= 0.6 is 0 Å². The van der Waals surface area contributed by atoms with Crippen LogP contribution in [0.3, 0.4) is 0 Å². The van der Waals surface area contributed by atoms with E-state index in [9.17, 15) is 22.0 Å². The first-order valence-corrected chi connectivity index (χ1v) is 6.76. The first kappa shape index (κ1) is 16.1. The molecule has 8 heteroatoms. The van der Waals surface area contributed by atoms with Crippen LogP contribution in [0.15, 0.2) is 42.5 Å². The van der Waals surface area contributed by atoms with Crippen molar-refractivity contribution in [1.29, 1.82) is 0 Å². The average Bonchev–Trinajstić information content (AvgIpc) is 2.36. The molecule has 0 spiro atoms. The Labute approximate surface area is 114 Å². The molecule has 1 aromatic rings. The minimum atomic E-state index is -5.27. The molecule has 0 aliphatic rings. The molecular weight excluding hydrogens is 294 g/mol. The van der Waals surface area contributed by atoms with E-state index in [1.54, 1.807) is 6.07 Å². The minimum Gasteiger partial charge on any atom is -0.455 e. The lowest BCUT2D eigenvalue weighted by molar-refractivity contribution is -0.144. The largest absolute Gasteiger partial charge is 0.455 e. The molecule has 0 heterocycles. The molecule has 20 heavy (non-hydrogen) atoms. The van der Waals surface area contributed by atoms with Crippen molar-refractivity contribution in [3.8, 4) is 5.75 Å². The van der Waals surface area contributed by atoms with E-state index >= 15 is 0 Å². The van der Waals surface area contributed by atoms with E-state index in [0.717, 1.165) is 0 Å². The van der Waals surface area contributed by atoms with Gasteiger partial charge in [-0.2, -0.15) is 17.2 Å². The Hall–Kier alpha value is -1.96. The van der Waals surface area contributed by atoms with Gasteiger partial charge >= 0.3 is 21.3 Å². The van der Waals surface area contributed by atoms with Crippen molar-refractivity contribution >= 4 is 16.1 Å². The monoisotopic (exact) mass is 306 g/mol. The van der Waals surface area contributed by atoms with Gasteiger partial charge in [0.15, 0.2) is 6.61 Å². The average molecular weight is 306 g/mol. The Morgan fingerprint density at radius 3 is 2.35 bits per heavy atom. The molecule has 0 atom stereocenters. The number of hydrogen-bond donors (Lipinski definition) is 0. The van der Waals surface area contributed by atoms with Crippen molar-refractivity contribution in [3.05, 3.63) is 42.5 Å². The third kappa shape index (κ3) is 4.02. The molecule has 0 aromatic heterocycles. The number of benzene rings is 1. The zero-order valence-electron chi connectivity index (χ0n) is 10.5. The summed E-state index contributed by atoms with van der Waals surface area (Å²) < 4.78 is 58.2.